The average Bonchev–Trinajstić information content (AvgIpc) is 3.08. The van der Waals surface area contributed by atoms with Gasteiger partial charge in [0, 0.05) is 30.2 Å². The number of rotatable bonds is 5. The molecule has 0 saturated heterocycles. The van der Waals surface area contributed by atoms with Crippen molar-refractivity contribution in [3.63, 3.8) is 0 Å². The fourth-order valence-corrected chi connectivity index (χ4v) is 3.70. The first-order chi connectivity index (χ1) is 11.9. The van der Waals surface area contributed by atoms with E-state index in [1.54, 1.807) is 37.8 Å². The zero-order chi connectivity index (χ0) is 18.0. The van der Waals surface area contributed by atoms with Gasteiger partial charge in [-0.2, -0.15) is 0 Å². The molecule has 5 nitrogen and oxygen atoms in total. The molecule has 0 fully saturated rings. The van der Waals surface area contributed by atoms with Crippen LogP contribution in [0.3, 0.4) is 0 Å². The molecule has 1 unspecified atom stereocenters. The number of sulfonamides is 1. The minimum absolute atomic E-state index is 0.541. The Bertz CT molecular complexity index is 972. The number of halogens is 2. The Morgan fingerprint density at radius 1 is 1.12 bits per heavy atom. The Hall–Kier alpha value is -2.58. The van der Waals surface area contributed by atoms with Gasteiger partial charge < -0.3 is 4.57 Å². The molecule has 8 heteroatoms. The van der Waals surface area contributed by atoms with Crippen molar-refractivity contribution in [3.8, 4) is 5.69 Å². The summed E-state index contributed by atoms with van der Waals surface area (Å²) in [7, 11) is -4.12. The fourth-order valence-electron chi connectivity index (χ4n) is 2.40. The molecule has 1 heterocycles. The summed E-state index contributed by atoms with van der Waals surface area (Å²) in [6.45, 7) is 1.64. The van der Waals surface area contributed by atoms with Crippen LogP contribution in [0.25, 0.3) is 5.69 Å². The third kappa shape index (κ3) is 3.75. The first kappa shape index (κ1) is 17.2. The quantitative estimate of drug-likeness (QED) is 0.757. The molecular weight excluding hydrogens is 348 g/mol. The molecule has 0 aliphatic carbocycles. The Labute approximate surface area is 144 Å². The molecule has 3 rings (SSSR count). The van der Waals surface area contributed by atoms with Crippen LogP contribution in [0.5, 0.6) is 0 Å². The second-order valence-electron chi connectivity index (χ2n) is 5.48. The maximum atomic E-state index is 13.7. The Morgan fingerprint density at radius 3 is 2.44 bits per heavy atom. The van der Waals surface area contributed by atoms with Crippen molar-refractivity contribution in [2.75, 3.05) is 0 Å². The standard InChI is InChI=1S/C17H15F2N3O2S/c1-12(13-2-5-15(6-3-13)22-9-8-20-11-22)21-25(23,24)17-7-4-14(18)10-16(17)19/h2-12,21H,1H3. The third-order valence-corrected chi connectivity index (χ3v) is 5.28. The number of hydrogen-bond donors (Lipinski definition) is 1. The summed E-state index contributed by atoms with van der Waals surface area (Å²) in [5, 5.41) is 0. The molecule has 0 spiro atoms. The van der Waals surface area contributed by atoms with Gasteiger partial charge in [0.1, 0.15) is 16.5 Å². The van der Waals surface area contributed by atoms with Crippen LogP contribution in [-0.4, -0.2) is 18.0 Å². The molecule has 130 valence electrons. The van der Waals surface area contributed by atoms with E-state index >= 15 is 0 Å². The zero-order valence-corrected chi connectivity index (χ0v) is 14.0. The zero-order valence-electron chi connectivity index (χ0n) is 13.2. The van der Waals surface area contributed by atoms with Gasteiger partial charge in [-0.15, -0.1) is 0 Å². The lowest BCUT2D eigenvalue weighted by Crippen LogP contribution is -2.27. The van der Waals surface area contributed by atoms with E-state index in [0.717, 1.165) is 17.8 Å². The highest BCUT2D eigenvalue weighted by Gasteiger charge is 2.22. The van der Waals surface area contributed by atoms with Crippen LogP contribution >= 0.6 is 0 Å². The SMILES string of the molecule is CC(NS(=O)(=O)c1ccc(F)cc1F)c1ccc(-n2ccnc2)cc1. The topological polar surface area (TPSA) is 64.0 Å². The number of imidazole rings is 1. The summed E-state index contributed by atoms with van der Waals surface area (Å²) in [5.41, 5.74) is 1.58. The molecule has 0 saturated carbocycles. The molecule has 1 atom stereocenters. The highest BCUT2D eigenvalue weighted by molar-refractivity contribution is 7.89. The van der Waals surface area contributed by atoms with Crippen molar-refractivity contribution in [2.45, 2.75) is 17.9 Å². The monoisotopic (exact) mass is 363 g/mol. The minimum Gasteiger partial charge on any atom is -0.306 e. The molecule has 0 aliphatic rings. The molecule has 1 N–H and O–H groups in total. The first-order valence-electron chi connectivity index (χ1n) is 7.42. The summed E-state index contributed by atoms with van der Waals surface area (Å²) >= 11 is 0. The van der Waals surface area contributed by atoms with Crippen molar-refractivity contribution >= 4 is 10.0 Å². The normalized spacial score (nSPS) is 12.9. The predicted octanol–water partition coefficient (Wildman–Crippen LogP) is 3.19. The molecule has 0 amide bonds. The highest BCUT2D eigenvalue weighted by Crippen LogP contribution is 2.21. The van der Waals surface area contributed by atoms with Crippen LogP contribution in [0.2, 0.25) is 0 Å². The van der Waals surface area contributed by atoms with Crippen molar-refractivity contribution < 1.29 is 17.2 Å². The summed E-state index contributed by atoms with van der Waals surface area (Å²) in [6.07, 6.45) is 5.10. The van der Waals surface area contributed by atoms with E-state index in [-0.39, 0.29) is 0 Å². The maximum absolute atomic E-state index is 13.7. The Kier molecular flexibility index (Phi) is 4.65. The fraction of sp³-hybridized carbons (Fsp3) is 0.118. The van der Waals surface area contributed by atoms with E-state index < -0.39 is 32.6 Å². The second kappa shape index (κ2) is 6.73. The van der Waals surface area contributed by atoms with Gasteiger partial charge in [0.25, 0.3) is 0 Å². The number of aromatic nitrogens is 2. The van der Waals surface area contributed by atoms with Gasteiger partial charge in [0.2, 0.25) is 10.0 Å². The van der Waals surface area contributed by atoms with Crippen molar-refractivity contribution in [1.29, 1.82) is 0 Å². The smallest absolute Gasteiger partial charge is 0.244 e. The van der Waals surface area contributed by atoms with Gasteiger partial charge in [-0.25, -0.2) is 26.9 Å². The molecule has 0 radical (unpaired) electrons. The van der Waals surface area contributed by atoms with Crippen molar-refractivity contribution in [1.82, 2.24) is 14.3 Å². The van der Waals surface area contributed by atoms with Gasteiger partial charge in [-0.3, -0.25) is 0 Å². The lowest BCUT2D eigenvalue weighted by Gasteiger charge is -2.15. The lowest BCUT2D eigenvalue weighted by molar-refractivity contribution is 0.536. The summed E-state index contributed by atoms with van der Waals surface area (Å²) in [4.78, 5) is 3.37. The number of benzene rings is 2. The van der Waals surface area contributed by atoms with E-state index in [4.69, 9.17) is 0 Å². The highest BCUT2D eigenvalue weighted by atomic mass is 32.2. The molecule has 1 aromatic heterocycles. The lowest BCUT2D eigenvalue weighted by atomic mass is 10.1. The van der Waals surface area contributed by atoms with Crippen molar-refractivity contribution in [2.24, 2.45) is 0 Å². The van der Waals surface area contributed by atoms with Gasteiger partial charge >= 0.3 is 0 Å². The van der Waals surface area contributed by atoms with Crippen LogP contribution in [-0.2, 0) is 10.0 Å². The molecule has 2 aromatic carbocycles. The summed E-state index contributed by atoms with van der Waals surface area (Å²) in [5.74, 6) is -1.96. The van der Waals surface area contributed by atoms with E-state index in [9.17, 15) is 17.2 Å². The van der Waals surface area contributed by atoms with E-state index in [0.29, 0.717) is 11.6 Å². The molecule has 0 bridgehead atoms. The second-order valence-corrected chi connectivity index (χ2v) is 7.16. The van der Waals surface area contributed by atoms with Crippen LogP contribution in [0.15, 0.2) is 66.1 Å². The van der Waals surface area contributed by atoms with Crippen LogP contribution < -0.4 is 4.72 Å². The van der Waals surface area contributed by atoms with Crippen LogP contribution in [0.4, 0.5) is 8.78 Å². The largest absolute Gasteiger partial charge is 0.306 e. The third-order valence-electron chi connectivity index (χ3n) is 3.71. The van der Waals surface area contributed by atoms with Gasteiger partial charge in [0.15, 0.2) is 0 Å². The summed E-state index contributed by atoms with van der Waals surface area (Å²) in [6, 6.07) is 8.93. The van der Waals surface area contributed by atoms with Crippen LogP contribution in [0.1, 0.15) is 18.5 Å². The number of nitrogens with zero attached hydrogens (tertiary/aromatic N) is 2. The molecule has 25 heavy (non-hydrogen) atoms. The Balaban J connectivity index is 1.80. The molecular formula is C17H15F2N3O2S. The summed E-state index contributed by atoms with van der Waals surface area (Å²) < 4.78 is 55.5. The first-order valence-corrected chi connectivity index (χ1v) is 8.91. The number of hydrogen-bond acceptors (Lipinski definition) is 3. The Morgan fingerprint density at radius 2 is 1.84 bits per heavy atom. The van der Waals surface area contributed by atoms with Crippen molar-refractivity contribution in [3.05, 3.63) is 78.4 Å². The van der Waals surface area contributed by atoms with Gasteiger partial charge in [-0.05, 0) is 36.8 Å². The van der Waals surface area contributed by atoms with Gasteiger partial charge in [0.05, 0.1) is 6.33 Å². The molecule has 0 aliphatic heterocycles. The van der Waals surface area contributed by atoms with E-state index in [1.165, 1.54) is 0 Å². The van der Waals surface area contributed by atoms with E-state index in [1.807, 2.05) is 16.7 Å². The predicted molar refractivity (Wildman–Crippen MR) is 88.7 cm³/mol. The van der Waals surface area contributed by atoms with Crippen LogP contribution in [0, 0.1) is 11.6 Å². The molecule has 3 aromatic rings. The van der Waals surface area contributed by atoms with E-state index in [2.05, 4.69) is 9.71 Å². The average molecular weight is 363 g/mol. The van der Waals surface area contributed by atoms with Gasteiger partial charge in [-0.1, -0.05) is 12.1 Å². The minimum atomic E-state index is -4.12. The number of nitrogens with one attached hydrogen (secondary N) is 1. The maximum Gasteiger partial charge on any atom is 0.244 e.